The van der Waals surface area contributed by atoms with Crippen LogP contribution in [0.5, 0.6) is 5.75 Å². The SMILES string of the molecule is COc1ccc(N2C(=S)N[C@H](c3ccccn3)[C@@H]2c2cccn2-c2ccc(C)c(C)c2)cc1NS(C)(=O)=O. The number of aromatic nitrogens is 2. The molecule has 0 unspecified atom stereocenters. The van der Waals surface area contributed by atoms with Crippen LogP contribution in [0, 0.1) is 13.8 Å². The molecule has 38 heavy (non-hydrogen) atoms. The second kappa shape index (κ2) is 10.1. The predicted octanol–water partition coefficient (Wildman–Crippen LogP) is 5.05. The fraction of sp³-hybridized carbons (Fsp3) is 0.214. The van der Waals surface area contributed by atoms with E-state index in [-0.39, 0.29) is 12.1 Å². The van der Waals surface area contributed by atoms with Crippen LogP contribution >= 0.6 is 12.2 Å². The summed E-state index contributed by atoms with van der Waals surface area (Å²) in [7, 11) is -2.03. The molecule has 0 aliphatic carbocycles. The lowest BCUT2D eigenvalue weighted by Gasteiger charge is -2.29. The van der Waals surface area contributed by atoms with Crippen LogP contribution in [-0.4, -0.2) is 36.4 Å². The summed E-state index contributed by atoms with van der Waals surface area (Å²) < 4.78 is 34.3. The number of hydrogen-bond acceptors (Lipinski definition) is 5. The van der Waals surface area contributed by atoms with Gasteiger partial charge in [-0.3, -0.25) is 9.71 Å². The molecule has 2 aromatic heterocycles. The van der Waals surface area contributed by atoms with Crippen molar-refractivity contribution >= 4 is 38.7 Å². The van der Waals surface area contributed by atoms with E-state index in [9.17, 15) is 8.42 Å². The largest absolute Gasteiger partial charge is 0.495 e. The molecule has 2 atom stereocenters. The van der Waals surface area contributed by atoms with Gasteiger partial charge in [0.15, 0.2) is 5.11 Å². The number of nitrogens with one attached hydrogen (secondary N) is 2. The van der Waals surface area contributed by atoms with E-state index in [4.69, 9.17) is 17.0 Å². The van der Waals surface area contributed by atoms with E-state index in [1.165, 1.54) is 18.2 Å². The van der Waals surface area contributed by atoms with Crippen LogP contribution in [0.1, 0.15) is 34.6 Å². The first-order chi connectivity index (χ1) is 18.2. The van der Waals surface area contributed by atoms with Crippen LogP contribution in [0.15, 0.2) is 79.1 Å². The maximum Gasteiger partial charge on any atom is 0.229 e. The molecule has 5 rings (SSSR count). The molecule has 1 saturated heterocycles. The zero-order valence-electron chi connectivity index (χ0n) is 21.5. The molecule has 0 radical (unpaired) electrons. The van der Waals surface area contributed by atoms with Crippen LogP contribution in [0.2, 0.25) is 0 Å². The number of methoxy groups -OCH3 is 1. The molecule has 1 aliphatic rings. The van der Waals surface area contributed by atoms with E-state index in [0.717, 1.165) is 23.3 Å². The number of ether oxygens (including phenoxy) is 1. The summed E-state index contributed by atoms with van der Waals surface area (Å²) in [5.41, 5.74) is 6.36. The number of nitrogens with zero attached hydrogens (tertiary/aromatic N) is 3. The van der Waals surface area contributed by atoms with Gasteiger partial charge in [0.1, 0.15) is 11.8 Å². The standard InChI is InChI=1S/C28H29N5O3S2/c1-18-10-11-20(16-19(18)2)32-15-7-9-24(32)27-26(22-8-5-6-14-29-22)30-28(37)33(27)21-12-13-25(36-3)23(17-21)31-38(4,34)35/h5-17,26-27,31H,1-4H3,(H,30,37)/t26-,27+/m1/s1. The van der Waals surface area contributed by atoms with Crippen molar-refractivity contribution in [1.29, 1.82) is 0 Å². The topological polar surface area (TPSA) is 88.5 Å². The molecule has 8 nitrogen and oxygen atoms in total. The number of pyridine rings is 1. The van der Waals surface area contributed by atoms with Gasteiger partial charge in [0.2, 0.25) is 10.0 Å². The van der Waals surface area contributed by atoms with Crippen LogP contribution in [0.4, 0.5) is 11.4 Å². The first-order valence-corrected chi connectivity index (χ1v) is 14.4. The van der Waals surface area contributed by atoms with Crippen LogP contribution in [-0.2, 0) is 10.0 Å². The minimum Gasteiger partial charge on any atom is -0.495 e. The van der Waals surface area contributed by atoms with Gasteiger partial charge in [-0.2, -0.15) is 0 Å². The Labute approximate surface area is 228 Å². The van der Waals surface area contributed by atoms with Gasteiger partial charge in [-0.05, 0) is 91.8 Å². The lowest BCUT2D eigenvalue weighted by molar-refractivity contribution is 0.417. The van der Waals surface area contributed by atoms with Crippen molar-refractivity contribution in [3.8, 4) is 11.4 Å². The molecule has 3 heterocycles. The third-order valence-electron chi connectivity index (χ3n) is 6.71. The van der Waals surface area contributed by atoms with Gasteiger partial charge < -0.3 is 19.5 Å². The van der Waals surface area contributed by atoms with E-state index < -0.39 is 10.0 Å². The molecule has 0 amide bonds. The molecule has 2 N–H and O–H groups in total. The monoisotopic (exact) mass is 547 g/mol. The van der Waals surface area contributed by atoms with Crippen molar-refractivity contribution in [3.63, 3.8) is 0 Å². The highest BCUT2D eigenvalue weighted by atomic mass is 32.2. The van der Waals surface area contributed by atoms with Crippen LogP contribution in [0.3, 0.4) is 0 Å². The van der Waals surface area contributed by atoms with Gasteiger partial charge in [-0.25, -0.2) is 8.42 Å². The van der Waals surface area contributed by atoms with Crippen LogP contribution in [0.25, 0.3) is 5.69 Å². The quantitative estimate of drug-likeness (QED) is 0.313. The van der Waals surface area contributed by atoms with Crippen molar-refractivity contribution in [2.45, 2.75) is 25.9 Å². The molecular weight excluding hydrogens is 518 g/mol. The van der Waals surface area contributed by atoms with Gasteiger partial charge in [-0.15, -0.1) is 0 Å². The van der Waals surface area contributed by atoms with Crippen molar-refractivity contribution in [2.24, 2.45) is 0 Å². The molecular formula is C28H29N5O3S2. The molecule has 1 aliphatic heterocycles. The average molecular weight is 548 g/mol. The van der Waals surface area contributed by atoms with E-state index in [2.05, 4.69) is 57.7 Å². The number of sulfonamides is 1. The molecule has 10 heteroatoms. The molecule has 196 valence electrons. The smallest absolute Gasteiger partial charge is 0.229 e. The summed E-state index contributed by atoms with van der Waals surface area (Å²) in [5, 5.41) is 3.97. The summed E-state index contributed by atoms with van der Waals surface area (Å²) in [5.74, 6) is 0.411. The highest BCUT2D eigenvalue weighted by Gasteiger charge is 2.42. The second-order valence-electron chi connectivity index (χ2n) is 9.33. The summed E-state index contributed by atoms with van der Waals surface area (Å²) in [6, 6.07) is 21.1. The van der Waals surface area contributed by atoms with E-state index in [1.54, 1.807) is 18.3 Å². The second-order valence-corrected chi connectivity index (χ2v) is 11.5. The summed E-state index contributed by atoms with van der Waals surface area (Å²) >= 11 is 5.87. The minimum absolute atomic E-state index is 0.252. The Morgan fingerprint density at radius 3 is 2.47 bits per heavy atom. The third-order valence-corrected chi connectivity index (χ3v) is 7.61. The van der Waals surface area contributed by atoms with Gasteiger partial charge >= 0.3 is 0 Å². The Morgan fingerprint density at radius 2 is 1.79 bits per heavy atom. The van der Waals surface area contributed by atoms with E-state index in [1.807, 2.05) is 41.4 Å². The molecule has 0 spiro atoms. The summed E-state index contributed by atoms with van der Waals surface area (Å²) in [6.45, 7) is 4.20. The first kappa shape index (κ1) is 25.7. The number of hydrogen-bond donors (Lipinski definition) is 2. The fourth-order valence-corrected chi connectivity index (χ4v) is 5.71. The van der Waals surface area contributed by atoms with E-state index >= 15 is 0 Å². The number of anilines is 2. The number of thiocarbonyl (C=S) groups is 1. The summed E-state index contributed by atoms with van der Waals surface area (Å²) in [6.07, 6.45) is 4.92. The Balaban J connectivity index is 1.67. The molecule has 0 bridgehead atoms. The van der Waals surface area contributed by atoms with Gasteiger partial charge in [0.05, 0.1) is 30.8 Å². The fourth-order valence-electron chi connectivity index (χ4n) is 4.80. The van der Waals surface area contributed by atoms with Gasteiger partial charge in [-0.1, -0.05) is 12.1 Å². The molecule has 2 aromatic carbocycles. The number of rotatable bonds is 7. The Kier molecular flexibility index (Phi) is 6.85. The maximum absolute atomic E-state index is 12.1. The van der Waals surface area contributed by atoms with E-state index in [0.29, 0.717) is 22.2 Å². The molecule has 1 fully saturated rings. The normalized spacial score (nSPS) is 17.4. The first-order valence-electron chi connectivity index (χ1n) is 12.1. The number of aryl methyl sites for hydroxylation is 2. The molecule has 4 aromatic rings. The predicted molar refractivity (Wildman–Crippen MR) is 155 cm³/mol. The lowest BCUT2D eigenvalue weighted by Crippen LogP contribution is -2.30. The highest BCUT2D eigenvalue weighted by Crippen LogP contribution is 2.44. The van der Waals surface area contributed by atoms with Crippen molar-refractivity contribution in [3.05, 3.63) is 102 Å². The third kappa shape index (κ3) is 4.97. The van der Waals surface area contributed by atoms with Crippen LogP contribution < -0.4 is 19.7 Å². The van der Waals surface area contributed by atoms with Crippen molar-refractivity contribution < 1.29 is 13.2 Å². The average Bonchev–Trinajstić information content (AvgIpc) is 3.49. The zero-order chi connectivity index (χ0) is 27.0. The Morgan fingerprint density at radius 1 is 1.00 bits per heavy atom. The highest BCUT2D eigenvalue weighted by molar-refractivity contribution is 7.92. The van der Waals surface area contributed by atoms with Crippen molar-refractivity contribution in [2.75, 3.05) is 23.0 Å². The van der Waals surface area contributed by atoms with Crippen molar-refractivity contribution in [1.82, 2.24) is 14.9 Å². The Hall–Kier alpha value is -3.89. The lowest BCUT2D eigenvalue weighted by atomic mass is 10.0. The van der Waals surface area contributed by atoms with Gasteiger partial charge in [0.25, 0.3) is 0 Å². The Bertz CT molecular complexity index is 1600. The maximum atomic E-state index is 12.1. The zero-order valence-corrected chi connectivity index (χ0v) is 23.2. The summed E-state index contributed by atoms with van der Waals surface area (Å²) in [4.78, 5) is 6.64. The minimum atomic E-state index is -3.54. The molecule has 0 saturated carbocycles. The van der Waals surface area contributed by atoms with Gasteiger partial charge in [0, 0.05) is 29.5 Å². The number of benzene rings is 2.